The summed E-state index contributed by atoms with van der Waals surface area (Å²) in [4.78, 5) is 12.9. The Morgan fingerprint density at radius 2 is 1.95 bits per heavy atom. The number of nitrogens with one attached hydrogen (secondary N) is 1. The number of hydrogen-bond acceptors (Lipinski definition) is 2. The Kier molecular flexibility index (Phi) is 5.31. The van der Waals surface area contributed by atoms with Gasteiger partial charge in [0.15, 0.2) is 0 Å². The van der Waals surface area contributed by atoms with E-state index in [9.17, 15) is 4.79 Å². The number of hydrogen-bond donors (Lipinski definition) is 1. The van der Waals surface area contributed by atoms with E-state index < -0.39 is 0 Å². The monoisotopic (exact) mass is 355 g/mol. The van der Waals surface area contributed by atoms with Crippen LogP contribution < -0.4 is 5.32 Å². The lowest BCUT2D eigenvalue weighted by molar-refractivity contribution is -0.113. The Labute approximate surface area is 129 Å². The van der Waals surface area contributed by atoms with Crippen LogP contribution in [0.25, 0.3) is 0 Å². The molecule has 0 saturated heterocycles. The van der Waals surface area contributed by atoms with Gasteiger partial charge in [-0.25, -0.2) is 0 Å². The van der Waals surface area contributed by atoms with Gasteiger partial charge in [-0.05, 0) is 30.3 Å². The first-order valence-electron chi connectivity index (χ1n) is 5.58. The van der Waals surface area contributed by atoms with Crippen LogP contribution in [0, 0.1) is 0 Å². The van der Waals surface area contributed by atoms with Gasteiger partial charge in [-0.1, -0.05) is 45.7 Å². The van der Waals surface area contributed by atoms with Crippen molar-refractivity contribution in [3.8, 4) is 0 Å². The minimum Gasteiger partial charge on any atom is -0.324 e. The van der Waals surface area contributed by atoms with Crippen molar-refractivity contribution in [3.63, 3.8) is 0 Å². The fraction of sp³-hybridized carbons (Fsp3) is 0.0714. The molecule has 5 heteroatoms. The summed E-state index contributed by atoms with van der Waals surface area (Å²) in [5.41, 5.74) is 0.620. The van der Waals surface area contributed by atoms with E-state index in [1.165, 1.54) is 11.8 Å². The average molecular weight is 357 g/mol. The number of carbonyl (C=O) groups excluding carboxylic acids is 1. The fourth-order valence-electron chi connectivity index (χ4n) is 1.45. The summed E-state index contributed by atoms with van der Waals surface area (Å²) in [5, 5.41) is 3.33. The summed E-state index contributed by atoms with van der Waals surface area (Å²) in [7, 11) is 0. The molecular formula is C14H11BrClNOS. The Bertz CT molecular complexity index is 577. The maximum atomic E-state index is 11.8. The molecule has 2 rings (SSSR count). The fourth-order valence-corrected chi connectivity index (χ4v) is 2.69. The third-order valence-electron chi connectivity index (χ3n) is 2.32. The Morgan fingerprint density at radius 1 is 1.21 bits per heavy atom. The first-order chi connectivity index (χ1) is 9.15. The number of carbonyl (C=O) groups is 1. The molecule has 0 heterocycles. The van der Waals surface area contributed by atoms with Gasteiger partial charge >= 0.3 is 0 Å². The van der Waals surface area contributed by atoms with E-state index in [1.54, 1.807) is 12.1 Å². The van der Waals surface area contributed by atoms with Crippen LogP contribution in [0.4, 0.5) is 5.69 Å². The van der Waals surface area contributed by atoms with Gasteiger partial charge in [0, 0.05) is 9.37 Å². The molecule has 0 atom stereocenters. The van der Waals surface area contributed by atoms with Crippen LogP contribution in [-0.2, 0) is 4.79 Å². The third-order valence-corrected chi connectivity index (χ3v) is 4.15. The van der Waals surface area contributed by atoms with Crippen LogP contribution in [0.3, 0.4) is 0 Å². The van der Waals surface area contributed by atoms with Crippen molar-refractivity contribution < 1.29 is 4.79 Å². The van der Waals surface area contributed by atoms with E-state index in [2.05, 4.69) is 21.2 Å². The zero-order valence-electron chi connectivity index (χ0n) is 9.90. The van der Waals surface area contributed by atoms with Crippen LogP contribution >= 0.6 is 39.3 Å². The van der Waals surface area contributed by atoms with Crippen LogP contribution in [0.1, 0.15) is 0 Å². The van der Waals surface area contributed by atoms with E-state index in [4.69, 9.17) is 11.6 Å². The van der Waals surface area contributed by atoms with Gasteiger partial charge in [-0.2, -0.15) is 0 Å². The topological polar surface area (TPSA) is 29.1 Å². The number of amides is 1. The second kappa shape index (κ2) is 6.98. The van der Waals surface area contributed by atoms with Crippen LogP contribution in [0.5, 0.6) is 0 Å². The molecule has 0 fully saturated rings. The summed E-state index contributed by atoms with van der Waals surface area (Å²) in [5.74, 6) is 0.279. The molecule has 0 radical (unpaired) electrons. The molecule has 0 aliphatic carbocycles. The molecule has 2 nitrogen and oxygen atoms in total. The molecule has 0 unspecified atom stereocenters. The molecule has 0 bridgehead atoms. The summed E-state index contributed by atoms with van der Waals surface area (Å²) in [6.07, 6.45) is 0. The highest BCUT2D eigenvalue weighted by Gasteiger charge is 2.07. The van der Waals surface area contributed by atoms with Crippen molar-refractivity contribution in [2.24, 2.45) is 0 Å². The normalized spacial score (nSPS) is 10.2. The predicted octanol–water partition coefficient (Wildman–Crippen LogP) is 4.83. The molecule has 2 aromatic rings. The van der Waals surface area contributed by atoms with Crippen molar-refractivity contribution >= 4 is 50.9 Å². The molecule has 98 valence electrons. The van der Waals surface area contributed by atoms with Crippen molar-refractivity contribution in [2.75, 3.05) is 11.1 Å². The Hall–Kier alpha value is -0.970. The molecule has 1 N–H and O–H groups in total. The quantitative estimate of drug-likeness (QED) is 0.795. The van der Waals surface area contributed by atoms with E-state index in [0.717, 1.165) is 9.37 Å². The molecule has 0 spiro atoms. The summed E-state index contributed by atoms with van der Waals surface area (Å²) in [6.45, 7) is 0. The Balaban J connectivity index is 1.93. The minimum atomic E-state index is -0.0751. The van der Waals surface area contributed by atoms with Crippen molar-refractivity contribution in [1.29, 1.82) is 0 Å². The maximum Gasteiger partial charge on any atom is 0.234 e. The summed E-state index contributed by atoms with van der Waals surface area (Å²) < 4.78 is 0.878. The zero-order valence-corrected chi connectivity index (χ0v) is 13.1. The molecule has 19 heavy (non-hydrogen) atoms. The molecule has 0 saturated carbocycles. The number of benzene rings is 2. The van der Waals surface area contributed by atoms with Crippen LogP contribution in [-0.4, -0.2) is 11.7 Å². The van der Waals surface area contributed by atoms with Crippen molar-refractivity contribution in [3.05, 3.63) is 58.0 Å². The molecule has 1 amide bonds. The zero-order chi connectivity index (χ0) is 13.7. The molecule has 2 aromatic carbocycles. The highest BCUT2D eigenvalue weighted by atomic mass is 79.9. The van der Waals surface area contributed by atoms with Gasteiger partial charge in [0.05, 0.1) is 16.5 Å². The van der Waals surface area contributed by atoms with Gasteiger partial charge in [0.1, 0.15) is 0 Å². The van der Waals surface area contributed by atoms with Gasteiger partial charge in [0.2, 0.25) is 5.91 Å². The van der Waals surface area contributed by atoms with Gasteiger partial charge in [-0.15, -0.1) is 11.8 Å². The second-order valence-corrected chi connectivity index (χ2v) is 6.15. The lowest BCUT2D eigenvalue weighted by atomic mass is 10.3. The average Bonchev–Trinajstić information content (AvgIpc) is 2.42. The van der Waals surface area contributed by atoms with Crippen LogP contribution in [0.2, 0.25) is 5.02 Å². The highest BCUT2D eigenvalue weighted by molar-refractivity contribution is 9.10. The molecular weight excluding hydrogens is 346 g/mol. The number of anilines is 1. The van der Waals surface area contributed by atoms with Gasteiger partial charge in [-0.3, -0.25) is 4.79 Å². The predicted molar refractivity (Wildman–Crippen MR) is 84.9 cm³/mol. The maximum absolute atomic E-state index is 11.8. The summed E-state index contributed by atoms with van der Waals surface area (Å²) in [6, 6.07) is 15.2. The first-order valence-corrected chi connectivity index (χ1v) is 7.73. The smallest absolute Gasteiger partial charge is 0.234 e. The minimum absolute atomic E-state index is 0.0751. The van der Waals surface area contributed by atoms with E-state index in [-0.39, 0.29) is 5.91 Å². The molecule has 0 aliphatic rings. The number of thioether (sulfide) groups is 1. The van der Waals surface area contributed by atoms with Crippen LogP contribution in [0.15, 0.2) is 57.9 Å². The number of rotatable bonds is 4. The lowest BCUT2D eigenvalue weighted by Crippen LogP contribution is -2.14. The van der Waals surface area contributed by atoms with Gasteiger partial charge in [0.25, 0.3) is 0 Å². The molecule has 0 aromatic heterocycles. The van der Waals surface area contributed by atoms with Crippen molar-refractivity contribution in [1.82, 2.24) is 0 Å². The van der Waals surface area contributed by atoms with Gasteiger partial charge < -0.3 is 5.32 Å². The van der Waals surface area contributed by atoms with E-state index >= 15 is 0 Å². The van der Waals surface area contributed by atoms with E-state index in [1.807, 2.05) is 36.4 Å². The second-order valence-electron chi connectivity index (χ2n) is 3.77. The first kappa shape index (κ1) is 14.4. The Morgan fingerprint density at radius 3 is 2.68 bits per heavy atom. The summed E-state index contributed by atoms with van der Waals surface area (Å²) >= 11 is 10.9. The standard InChI is InChI=1S/C14H11BrClNOS/c15-10-6-7-12(16)13(8-10)17-14(18)9-19-11-4-2-1-3-5-11/h1-8H,9H2,(H,17,18). The highest BCUT2D eigenvalue weighted by Crippen LogP contribution is 2.26. The van der Waals surface area contributed by atoms with E-state index in [0.29, 0.717) is 16.5 Å². The largest absolute Gasteiger partial charge is 0.324 e. The molecule has 0 aliphatic heterocycles. The van der Waals surface area contributed by atoms with Crippen molar-refractivity contribution in [2.45, 2.75) is 4.90 Å². The SMILES string of the molecule is O=C(CSc1ccccc1)Nc1cc(Br)ccc1Cl. The lowest BCUT2D eigenvalue weighted by Gasteiger charge is -2.07. The number of halogens is 2. The third kappa shape index (κ3) is 4.56.